The highest BCUT2D eigenvalue weighted by atomic mass is 35.5. The van der Waals surface area contributed by atoms with E-state index in [0.717, 1.165) is 18.5 Å². The Balaban J connectivity index is 2.42. The molecule has 0 spiro atoms. The highest BCUT2D eigenvalue weighted by Gasteiger charge is 2.36. The van der Waals surface area contributed by atoms with E-state index in [1.165, 1.54) is 12.1 Å². The lowest BCUT2D eigenvalue weighted by Gasteiger charge is -2.27. The number of benzene rings is 1. The van der Waals surface area contributed by atoms with Crippen molar-refractivity contribution in [3.05, 3.63) is 34.6 Å². The standard InChI is InChI=1S/C11H13ClFNO/c12-10-5-8(13)1-2-9(10)11(7-15)3-4-14-6-11/h1-2,5,14-15H,3-4,6-7H2. The minimum absolute atomic E-state index is 0.0331. The van der Waals surface area contributed by atoms with E-state index in [2.05, 4.69) is 5.32 Å². The Morgan fingerprint density at radius 2 is 2.33 bits per heavy atom. The van der Waals surface area contributed by atoms with Crippen LogP contribution in [0, 0.1) is 5.82 Å². The number of aliphatic hydroxyl groups is 1. The molecule has 1 fully saturated rings. The van der Waals surface area contributed by atoms with Gasteiger partial charge in [-0.05, 0) is 30.7 Å². The summed E-state index contributed by atoms with van der Waals surface area (Å²) in [4.78, 5) is 0. The Morgan fingerprint density at radius 3 is 2.87 bits per heavy atom. The molecule has 1 saturated heterocycles. The molecule has 2 nitrogen and oxygen atoms in total. The summed E-state index contributed by atoms with van der Waals surface area (Å²) in [6, 6.07) is 4.35. The summed E-state index contributed by atoms with van der Waals surface area (Å²) in [6.45, 7) is 1.58. The molecule has 15 heavy (non-hydrogen) atoms. The maximum Gasteiger partial charge on any atom is 0.124 e. The van der Waals surface area contributed by atoms with Crippen molar-refractivity contribution < 1.29 is 9.50 Å². The number of hydrogen-bond donors (Lipinski definition) is 2. The Kier molecular flexibility index (Phi) is 2.96. The summed E-state index contributed by atoms with van der Waals surface area (Å²) >= 11 is 6.00. The van der Waals surface area contributed by atoms with Crippen molar-refractivity contribution >= 4 is 11.6 Å². The first-order valence-electron chi connectivity index (χ1n) is 4.95. The second-order valence-corrected chi connectivity index (χ2v) is 4.40. The molecule has 2 rings (SSSR count). The van der Waals surface area contributed by atoms with Gasteiger partial charge in [0.15, 0.2) is 0 Å². The van der Waals surface area contributed by atoms with E-state index < -0.39 is 0 Å². The minimum Gasteiger partial charge on any atom is -0.395 e. The zero-order chi connectivity index (χ0) is 10.9. The lowest BCUT2D eigenvalue weighted by molar-refractivity contribution is 0.205. The summed E-state index contributed by atoms with van der Waals surface area (Å²) in [7, 11) is 0. The second-order valence-electron chi connectivity index (χ2n) is 3.99. The quantitative estimate of drug-likeness (QED) is 0.809. The van der Waals surface area contributed by atoms with Gasteiger partial charge >= 0.3 is 0 Å². The van der Waals surface area contributed by atoms with Crippen molar-refractivity contribution in [3.63, 3.8) is 0 Å². The molecule has 0 radical (unpaired) electrons. The normalized spacial score (nSPS) is 25.8. The maximum atomic E-state index is 12.9. The summed E-state index contributed by atoms with van der Waals surface area (Å²) in [5.41, 5.74) is 0.489. The van der Waals surface area contributed by atoms with Gasteiger partial charge in [-0.15, -0.1) is 0 Å². The van der Waals surface area contributed by atoms with E-state index in [1.54, 1.807) is 6.07 Å². The molecule has 1 heterocycles. The van der Waals surface area contributed by atoms with Gasteiger partial charge in [0.2, 0.25) is 0 Å². The van der Waals surface area contributed by atoms with Gasteiger partial charge in [0, 0.05) is 17.0 Å². The third-order valence-electron chi connectivity index (χ3n) is 3.05. The highest BCUT2D eigenvalue weighted by Crippen LogP contribution is 2.35. The fourth-order valence-electron chi connectivity index (χ4n) is 2.11. The molecule has 0 aliphatic carbocycles. The van der Waals surface area contributed by atoms with Gasteiger partial charge in [0.1, 0.15) is 5.82 Å². The molecule has 1 aliphatic heterocycles. The van der Waals surface area contributed by atoms with Crippen molar-refractivity contribution in [1.82, 2.24) is 5.32 Å². The number of aliphatic hydroxyl groups excluding tert-OH is 1. The molecule has 1 aromatic carbocycles. The summed E-state index contributed by atoms with van der Waals surface area (Å²) in [5.74, 6) is -0.345. The first-order valence-corrected chi connectivity index (χ1v) is 5.33. The van der Waals surface area contributed by atoms with Gasteiger partial charge in [0.05, 0.1) is 6.61 Å². The molecule has 1 aromatic rings. The van der Waals surface area contributed by atoms with Gasteiger partial charge in [-0.25, -0.2) is 4.39 Å². The summed E-state index contributed by atoms with van der Waals surface area (Å²) in [5, 5.41) is 13.1. The molecule has 4 heteroatoms. The molecule has 0 bridgehead atoms. The summed E-state index contributed by atoms with van der Waals surface area (Å²) < 4.78 is 12.9. The molecular weight excluding hydrogens is 217 g/mol. The van der Waals surface area contributed by atoms with Gasteiger partial charge in [0.25, 0.3) is 0 Å². The van der Waals surface area contributed by atoms with Crippen LogP contribution in [0.5, 0.6) is 0 Å². The summed E-state index contributed by atoms with van der Waals surface area (Å²) in [6.07, 6.45) is 0.828. The fourth-order valence-corrected chi connectivity index (χ4v) is 2.48. The van der Waals surface area contributed by atoms with Crippen LogP contribution < -0.4 is 5.32 Å². The molecule has 0 amide bonds. The Labute approximate surface area is 93.1 Å². The zero-order valence-electron chi connectivity index (χ0n) is 8.26. The van der Waals surface area contributed by atoms with Crippen molar-refractivity contribution in [2.24, 2.45) is 0 Å². The lowest BCUT2D eigenvalue weighted by Crippen LogP contribution is -2.33. The third kappa shape index (κ3) is 1.87. The van der Waals surface area contributed by atoms with Crippen LogP contribution in [0.2, 0.25) is 5.02 Å². The lowest BCUT2D eigenvalue weighted by atomic mass is 9.80. The van der Waals surface area contributed by atoms with E-state index in [9.17, 15) is 9.50 Å². The highest BCUT2D eigenvalue weighted by molar-refractivity contribution is 6.31. The Morgan fingerprint density at radius 1 is 1.53 bits per heavy atom. The van der Waals surface area contributed by atoms with Crippen LogP contribution in [0.15, 0.2) is 18.2 Å². The molecule has 0 saturated carbocycles. The van der Waals surface area contributed by atoms with Gasteiger partial charge < -0.3 is 10.4 Å². The predicted molar refractivity (Wildman–Crippen MR) is 57.7 cm³/mol. The zero-order valence-corrected chi connectivity index (χ0v) is 9.02. The average molecular weight is 230 g/mol. The predicted octanol–water partition coefficient (Wildman–Crippen LogP) is 1.70. The van der Waals surface area contributed by atoms with Crippen LogP contribution in [0.25, 0.3) is 0 Å². The van der Waals surface area contributed by atoms with Crippen LogP contribution in [0.3, 0.4) is 0 Å². The fraction of sp³-hybridized carbons (Fsp3) is 0.455. The maximum absolute atomic E-state index is 12.9. The van der Waals surface area contributed by atoms with Gasteiger partial charge in [-0.3, -0.25) is 0 Å². The second kappa shape index (κ2) is 4.08. The van der Waals surface area contributed by atoms with Crippen LogP contribution in [0.4, 0.5) is 4.39 Å². The molecule has 0 aromatic heterocycles. The minimum atomic E-state index is -0.345. The number of halogens is 2. The van der Waals surface area contributed by atoms with E-state index in [-0.39, 0.29) is 17.8 Å². The van der Waals surface area contributed by atoms with Crippen molar-refractivity contribution in [1.29, 1.82) is 0 Å². The first kappa shape index (κ1) is 10.9. The van der Waals surface area contributed by atoms with Crippen LogP contribution in [-0.2, 0) is 5.41 Å². The molecule has 2 N–H and O–H groups in total. The SMILES string of the molecule is OCC1(c2ccc(F)cc2Cl)CCNC1. The van der Waals surface area contributed by atoms with Crippen molar-refractivity contribution in [3.8, 4) is 0 Å². The molecule has 1 unspecified atom stereocenters. The Bertz CT molecular complexity index is 364. The van der Waals surface area contributed by atoms with E-state index >= 15 is 0 Å². The first-order chi connectivity index (χ1) is 7.18. The van der Waals surface area contributed by atoms with Crippen LogP contribution in [-0.4, -0.2) is 24.8 Å². The number of nitrogens with one attached hydrogen (secondary N) is 1. The molecular formula is C11H13ClFNO. The van der Waals surface area contributed by atoms with Crippen molar-refractivity contribution in [2.75, 3.05) is 19.7 Å². The largest absolute Gasteiger partial charge is 0.395 e. The number of hydrogen-bond acceptors (Lipinski definition) is 2. The van der Waals surface area contributed by atoms with Crippen LogP contribution in [0.1, 0.15) is 12.0 Å². The van der Waals surface area contributed by atoms with E-state index in [1.807, 2.05) is 0 Å². The molecule has 82 valence electrons. The molecule has 1 aliphatic rings. The smallest absolute Gasteiger partial charge is 0.124 e. The van der Waals surface area contributed by atoms with Crippen molar-refractivity contribution in [2.45, 2.75) is 11.8 Å². The average Bonchev–Trinajstić information content (AvgIpc) is 2.67. The van der Waals surface area contributed by atoms with E-state index in [0.29, 0.717) is 11.6 Å². The van der Waals surface area contributed by atoms with E-state index in [4.69, 9.17) is 11.6 Å². The molecule has 1 atom stereocenters. The third-order valence-corrected chi connectivity index (χ3v) is 3.36. The van der Waals surface area contributed by atoms with Crippen LogP contribution >= 0.6 is 11.6 Å². The monoisotopic (exact) mass is 229 g/mol. The topological polar surface area (TPSA) is 32.3 Å². The Hall–Kier alpha value is -0.640. The van der Waals surface area contributed by atoms with Gasteiger partial charge in [-0.1, -0.05) is 17.7 Å². The van der Waals surface area contributed by atoms with Gasteiger partial charge in [-0.2, -0.15) is 0 Å². The number of rotatable bonds is 2.